The number of carbonyl (C=O) groups is 3. The number of nitrogens with zero attached hydrogens (tertiary/aromatic N) is 1. The van der Waals surface area contributed by atoms with Crippen molar-refractivity contribution in [3.8, 4) is 0 Å². The number of allylic oxidation sites excluding steroid dienone is 2. The minimum atomic E-state index is -0.925. The van der Waals surface area contributed by atoms with E-state index < -0.39 is 18.2 Å². The highest BCUT2D eigenvalue weighted by atomic mass is 16.3. The number of fused-ring (bicyclic) bond motifs is 1. The molecule has 2 aliphatic heterocycles. The van der Waals surface area contributed by atoms with Gasteiger partial charge in [-0.3, -0.25) is 19.7 Å². The summed E-state index contributed by atoms with van der Waals surface area (Å²) in [5, 5.41) is 12.5. The average molecular weight is 264 g/mol. The maximum Gasteiger partial charge on any atom is 0.249 e. The number of nitrogens with one attached hydrogen (secondary N) is 1. The lowest BCUT2D eigenvalue weighted by Crippen LogP contribution is -2.55. The minimum Gasteiger partial charge on any atom is -0.373 e. The molecule has 0 spiro atoms. The van der Waals surface area contributed by atoms with Crippen molar-refractivity contribution < 1.29 is 19.5 Å². The van der Waals surface area contributed by atoms with Crippen molar-refractivity contribution in [1.29, 1.82) is 0 Å². The number of aliphatic hydroxyl groups is 1. The molecular formula is C13H16N2O4. The van der Waals surface area contributed by atoms with Gasteiger partial charge in [0, 0.05) is 18.3 Å². The van der Waals surface area contributed by atoms with Gasteiger partial charge in [0.25, 0.3) is 0 Å². The van der Waals surface area contributed by atoms with Gasteiger partial charge in [0.1, 0.15) is 12.3 Å². The van der Waals surface area contributed by atoms with Gasteiger partial charge < -0.3 is 10.0 Å². The first-order valence-corrected chi connectivity index (χ1v) is 6.58. The van der Waals surface area contributed by atoms with Gasteiger partial charge in [-0.1, -0.05) is 12.2 Å². The number of aliphatic hydroxyl groups excluding tert-OH is 1. The van der Waals surface area contributed by atoms with Crippen LogP contribution in [0.1, 0.15) is 25.7 Å². The molecule has 3 amide bonds. The quantitative estimate of drug-likeness (QED) is 0.495. The second-order valence-corrected chi connectivity index (χ2v) is 5.34. The van der Waals surface area contributed by atoms with Gasteiger partial charge in [-0.2, -0.15) is 0 Å². The van der Waals surface area contributed by atoms with Crippen LogP contribution < -0.4 is 5.32 Å². The number of likely N-dealkylation sites (tertiary alicyclic amines) is 1. The van der Waals surface area contributed by atoms with Crippen LogP contribution in [0.2, 0.25) is 0 Å². The minimum absolute atomic E-state index is 0.136. The zero-order chi connectivity index (χ0) is 13.6. The lowest BCUT2D eigenvalue weighted by Gasteiger charge is -2.32. The third kappa shape index (κ3) is 1.87. The zero-order valence-corrected chi connectivity index (χ0v) is 10.4. The fourth-order valence-corrected chi connectivity index (χ4v) is 3.26. The molecule has 3 aliphatic rings. The summed E-state index contributed by atoms with van der Waals surface area (Å²) in [6, 6.07) is -0.717. The molecule has 0 aromatic rings. The summed E-state index contributed by atoms with van der Waals surface area (Å²) in [7, 11) is 0. The Balaban J connectivity index is 1.83. The Kier molecular flexibility index (Phi) is 2.89. The maximum atomic E-state index is 12.3. The van der Waals surface area contributed by atoms with Crippen LogP contribution >= 0.6 is 0 Å². The summed E-state index contributed by atoms with van der Waals surface area (Å²) in [4.78, 5) is 36.6. The number of hydrogen-bond acceptors (Lipinski definition) is 4. The van der Waals surface area contributed by atoms with E-state index in [0.29, 0.717) is 19.3 Å². The van der Waals surface area contributed by atoms with E-state index in [1.54, 1.807) is 0 Å². The predicted octanol–water partition coefficient (Wildman–Crippen LogP) is -0.465. The van der Waals surface area contributed by atoms with Crippen LogP contribution in [-0.4, -0.2) is 40.0 Å². The lowest BCUT2D eigenvalue weighted by molar-refractivity contribution is -0.151. The molecule has 2 heterocycles. The van der Waals surface area contributed by atoms with Gasteiger partial charge in [0.15, 0.2) is 0 Å². The normalized spacial score (nSPS) is 38.4. The van der Waals surface area contributed by atoms with Crippen molar-refractivity contribution in [2.75, 3.05) is 0 Å². The van der Waals surface area contributed by atoms with Crippen LogP contribution in [0.25, 0.3) is 0 Å². The van der Waals surface area contributed by atoms with E-state index >= 15 is 0 Å². The van der Waals surface area contributed by atoms with Crippen LogP contribution in [0.15, 0.2) is 12.2 Å². The Morgan fingerprint density at radius 1 is 1.21 bits per heavy atom. The highest BCUT2D eigenvalue weighted by molar-refractivity contribution is 6.02. The van der Waals surface area contributed by atoms with Crippen molar-refractivity contribution in [2.24, 2.45) is 11.8 Å². The largest absolute Gasteiger partial charge is 0.373 e. The molecule has 0 saturated carbocycles. The van der Waals surface area contributed by atoms with Gasteiger partial charge in [-0.25, -0.2) is 0 Å². The number of hydrogen-bond donors (Lipinski definition) is 2. The Morgan fingerprint density at radius 3 is 2.63 bits per heavy atom. The molecule has 4 atom stereocenters. The third-order valence-electron chi connectivity index (χ3n) is 4.27. The SMILES string of the molecule is O=C1CCC(N2C(=O)C3CC=CCC3C2O)C(=O)N1. The monoisotopic (exact) mass is 264 g/mol. The topological polar surface area (TPSA) is 86.7 Å². The Labute approximate surface area is 110 Å². The molecule has 4 unspecified atom stereocenters. The molecule has 19 heavy (non-hydrogen) atoms. The van der Waals surface area contributed by atoms with E-state index in [0.717, 1.165) is 0 Å². The number of imide groups is 1. The van der Waals surface area contributed by atoms with Gasteiger partial charge in [-0.05, 0) is 19.3 Å². The van der Waals surface area contributed by atoms with Crippen molar-refractivity contribution in [3.05, 3.63) is 12.2 Å². The van der Waals surface area contributed by atoms with Gasteiger partial charge >= 0.3 is 0 Å². The molecule has 3 rings (SSSR count). The Hall–Kier alpha value is -1.69. The first kappa shape index (κ1) is 12.3. The molecule has 6 heteroatoms. The molecule has 2 N–H and O–H groups in total. The van der Waals surface area contributed by atoms with E-state index in [1.807, 2.05) is 12.2 Å². The van der Waals surface area contributed by atoms with Gasteiger partial charge in [-0.15, -0.1) is 0 Å². The molecule has 6 nitrogen and oxygen atoms in total. The van der Waals surface area contributed by atoms with Crippen LogP contribution in [-0.2, 0) is 14.4 Å². The van der Waals surface area contributed by atoms with E-state index in [4.69, 9.17) is 0 Å². The first-order valence-electron chi connectivity index (χ1n) is 6.58. The fraction of sp³-hybridized carbons (Fsp3) is 0.615. The standard InChI is InChI=1S/C13H16N2O4/c16-10-6-5-9(11(17)14-10)15-12(18)7-3-1-2-4-8(7)13(15)19/h1-2,7-9,12,18H,3-6H2,(H,14,16,17). The first-order chi connectivity index (χ1) is 9.09. The predicted molar refractivity (Wildman–Crippen MR) is 64.4 cm³/mol. The van der Waals surface area contributed by atoms with Crippen molar-refractivity contribution in [3.63, 3.8) is 0 Å². The van der Waals surface area contributed by atoms with Crippen LogP contribution in [0.4, 0.5) is 0 Å². The zero-order valence-electron chi connectivity index (χ0n) is 10.4. The summed E-state index contributed by atoms with van der Waals surface area (Å²) in [5.41, 5.74) is 0. The second kappa shape index (κ2) is 4.45. The molecule has 0 radical (unpaired) electrons. The Bertz CT molecular complexity index is 473. The molecule has 2 saturated heterocycles. The third-order valence-corrected chi connectivity index (χ3v) is 4.27. The summed E-state index contributed by atoms with van der Waals surface area (Å²) in [5.74, 6) is -1.33. The van der Waals surface area contributed by atoms with Crippen LogP contribution in [0.3, 0.4) is 0 Å². The van der Waals surface area contributed by atoms with Crippen molar-refractivity contribution in [1.82, 2.24) is 10.2 Å². The van der Waals surface area contributed by atoms with Gasteiger partial charge in [0.05, 0.1) is 0 Å². The van der Waals surface area contributed by atoms with E-state index in [1.165, 1.54) is 4.90 Å². The van der Waals surface area contributed by atoms with E-state index in [2.05, 4.69) is 5.32 Å². The van der Waals surface area contributed by atoms with E-state index in [-0.39, 0.29) is 30.1 Å². The Morgan fingerprint density at radius 2 is 1.95 bits per heavy atom. The molecule has 102 valence electrons. The molecule has 0 bridgehead atoms. The second-order valence-electron chi connectivity index (χ2n) is 5.34. The van der Waals surface area contributed by atoms with Crippen LogP contribution in [0.5, 0.6) is 0 Å². The summed E-state index contributed by atoms with van der Waals surface area (Å²) < 4.78 is 0. The van der Waals surface area contributed by atoms with Crippen LogP contribution in [0, 0.1) is 11.8 Å². The molecule has 0 aromatic heterocycles. The maximum absolute atomic E-state index is 12.3. The lowest BCUT2D eigenvalue weighted by atomic mass is 9.85. The fourth-order valence-electron chi connectivity index (χ4n) is 3.26. The van der Waals surface area contributed by atoms with Crippen molar-refractivity contribution >= 4 is 17.7 Å². The summed E-state index contributed by atoms with van der Waals surface area (Å²) in [6.45, 7) is 0. The van der Waals surface area contributed by atoms with Crippen molar-refractivity contribution in [2.45, 2.75) is 38.0 Å². The average Bonchev–Trinajstić information content (AvgIpc) is 2.64. The molecule has 0 aromatic carbocycles. The summed E-state index contributed by atoms with van der Waals surface area (Å²) >= 11 is 0. The number of amides is 3. The van der Waals surface area contributed by atoms with E-state index in [9.17, 15) is 19.5 Å². The molecule has 1 aliphatic carbocycles. The highest BCUT2D eigenvalue weighted by Gasteiger charge is 2.51. The molecular weight excluding hydrogens is 248 g/mol. The smallest absolute Gasteiger partial charge is 0.249 e. The highest BCUT2D eigenvalue weighted by Crippen LogP contribution is 2.39. The number of piperidine rings is 1. The number of carbonyl (C=O) groups excluding carboxylic acids is 3. The number of rotatable bonds is 1. The summed E-state index contributed by atoms with van der Waals surface area (Å²) in [6.07, 6.45) is 4.75. The molecule has 2 fully saturated rings. The van der Waals surface area contributed by atoms with Gasteiger partial charge in [0.2, 0.25) is 17.7 Å².